The first-order valence-corrected chi connectivity index (χ1v) is 7.99. The molecule has 118 valence electrons. The summed E-state index contributed by atoms with van der Waals surface area (Å²) in [7, 11) is -2.10. The van der Waals surface area contributed by atoms with E-state index < -0.39 is 10.0 Å². The Labute approximate surface area is 131 Å². The first-order valence-electron chi connectivity index (χ1n) is 6.51. The highest BCUT2D eigenvalue weighted by Crippen LogP contribution is 2.14. The zero-order chi connectivity index (χ0) is 14.8. The molecule has 0 bridgehead atoms. The van der Waals surface area contributed by atoms with Crippen LogP contribution >= 0.6 is 12.4 Å². The lowest BCUT2D eigenvalue weighted by molar-refractivity contribution is 0.0655. The van der Waals surface area contributed by atoms with Crippen molar-refractivity contribution in [1.29, 1.82) is 0 Å². The van der Waals surface area contributed by atoms with E-state index in [2.05, 4.69) is 10.0 Å². The van der Waals surface area contributed by atoms with Crippen molar-refractivity contribution in [3.63, 3.8) is 0 Å². The van der Waals surface area contributed by atoms with Gasteiger partial charge >= 0.3 is 0 Å². The Morgan fingerprint density at radius 1 is 1.33 bits per heavy atom. The smallest absolute Gasteiger partial charge is 0.254 e. The van der Waals surface area contributed by atoms with Crippen LogP contribution in [-0.2, 0) is 10.0 Å². The van der Waals surface area contributed by atoms with Crippen LogP contribution in [0, 0.1) is 0 Å². The zero-order valence-electron chi connectivity index (χ0n) is 12.0. The summed E-state index contributed by atoms with van der Waals surface area (Å²) in [4.78, 5) is 14.3. The van der Waals surface area contributed by atoms with Crippen molar-refractivity contribution in [1.82, 2.24) is 14.9 Å². The molecule has 1 amide bonds. The van der Waals surface area contributed by atoms with Gasteiger partial charge in [0.2, 0.25) is 10.0 Å². The Bertz CT molecular complexity index is 589. The van der Waals surface area contributed by atoms with E-state index >= 15 is 0 Å². The Balaban J connectivity index is 0.00000220. The van der Waals surface area contributed by atoms with Gasteiger partial charge in [-0.25, -0.2) is 13.1 Å². The molecular formula is C13H20ClN3O3S. The molecule has 1 fully saturated rings. The van der Waals surface area contributed by atoms with E-state index in [9.17, 15) is 13.2 Å². The molecule has 1 aliphatic rings. The molecule has 6 nitrogen and oxygen atoms in total. The van der Waals surface area contributed by atoms with Crippen LogP contribution in [0.5, 0.6) is 0 Å². The van der Waals surface area contributed by atoms with Crippen molar-refractivity contribution >= 4 is 28.3 Å². The van der Waals surface area contributed by atoms with Gasteiger partial charge in [0.05, 0.1) is 4.90 Å². The predicted octanol–water partition coefficient (Wildman–Crippen LogP) is 0.450. The van der Waals surface area contributed by atoms with Crippen LogP contribution in [0.3, 0.4) is 0 Å². The fraction of sp³-hybridized carbons (Fsp3) is 0.462. The standard InChI is InChI=1S/C13H19N3O3S.ClH/c1-10-9-15-7-8-16(10)13(17)11-3-5-12(6-4-11)20(18,19)14-2;/h3-6,10,14-15H,7-9H2,1-2H3;1H/t10-;/m0./s1. The topological polar surface area (TPSA) is 78.5 Å². The Morgan fingerprint density at radius 3 is 2.48 bits per heavy atom. The maximum atomic E-state index is 12.4. The Hall–Kier alpha value is -1.15. The number of amides is 1. The number of carbonyl (C=O) groups excluding carboxylic acids is 1. The van der Waals surface area contributed by atoms with Gasteiger partial charge in [-0.3, -0.25) is 4.79 Å². The number of halogens is 1. The van der Waals surface area contributed by atoms with Crippen molar-refractivity contribution in [3.8, 4) is 0 Å². The maximum absolute atomic E-state index is 12.4. The van der Waals surface area contributed by atoms with E-state index in [1.807, 2.05) is 6.92 Å². The molecule has 0 aliphatic carbocycles. The molecule has 1 heterocycles. The van der Waals surface area contributed by atoms with Crippen molar-refractivity contribution < 1.29 is 13.2 Å². The molecule has 0 unspecified atom stereocenters. The highest BCUT2D eigenvalue weighted by molar-refractivity contribution is 7.89. The highest BCUT2D eigenvalue weighted by Gasteiger charge is 2.24. The van der Waals surface area contributed by atoms with Gasteiger partial charge in [0.15, 0.2) is 0 Å². The molecule has 8 heteroatoms. The molecule has 1 aromatic rings. The normalized spacial score (nSPS) is 19.0. The van der Waals surface area contributed by atoms with E-state index in [0.717, 1.165) is 13.1 Å². The van der Waals surface area contributed by atoms with Gasteiger partial charge in [-0.1, -0.05) is 0 Å². The number of carbonyl (C=O) groups is 1. The number of hydrogen-bond acceptors (Lipinski definition) is 4. The van der Waals surface area contributed by atoms with E-state index in [-0.39, 0.29) is 29.3 Å². The minimum Gasteiger partial charge on any atom is -0.333 e. The quantitative estimate of drug-likeness (QED) is 0.842. The van der Waals surface area contributed by atoms with Crippen molar-refractivity contribution in [2.24, 2.45) is 0 Å². The van der Waals surface area contributed by atoms with Crippen molar-refractivity contribution in [2.75, 3.05) is 26.7 Å². The first kappa shape index (κ1) is 17.9. The molecule has 0 radical (unpaired) electrons. The highest BCUT2D eigenvalue weighted by atomic mass is 35.5. The van der Waals surface area contributed by atoms with Gasteiger partial charge in [0, 0.05) is 31.2 Å². The number of nitrogens with zero attached hydrogens (tertiary/aromatic N) is 1. The minimum absolute atomic E-state index is 0. The molecule has 0 spiro atoms. The third-order valence-corrected chi connectivity index (χ3v) is 4.87. The lowest BCUT2D eigenvalue weighted by atomic mass is 10.1. The van der Waals surface area contributed by atoms with Gasteiger partial charge in [0.25, 0.3) is 5.91 Å². The van der Waals surface area contributed by atoms with Crippen molar-refractivity contribution in [2.45, 2.75) is 17.9 Å². The second-order valence-electron chi connectivity index (χ2n) is 4.78. The largest absolute Gasteiger partial charge is 0.333 e. The fourth-order valence-corrected chi connectivity index (χ4v) is 2.93. The first-order chi connectivity index (χ1) is 9.45. The number of sulfonamides is 1. The van der Waals surface area contributed by atoms with Crippen LogP contribution in [0.15, 0.2) is 29.2 Å². The molecular weight excluding hydrogens is 314 g/mol. The van der Waals surface area contributed by atoms with Crippen LogP contribution in [0.25, 0.3) is 0 Å². The summed E-state index contributed by atoms with van der Waals surface area (Å²) in [6.45, 7) is 4.21. The molecule has 1 aromatic carbocycles. The summed E-state index contributed by atoms with van der Waals surface area (Å²) >= 11 is 0. The van der Waals surface area contributed by atoms with Gasteiger partial charge in [-0.2, -0.15) is 0 Å². The second-order valence-corrected chi connectivity index (χ2v) is 6.67. The van der Waals surface area contributed by atoms with E-state index in [0.29, 0.717) is 12.1 Å². The summed E-state index contributed by atoms with van der Waals surface area (Å²) in [5, 5.41) is 3.23. The number of nitrogens with one attached hydrogen (secondary N) is 2. The number of benzene rings is 1. The van der Waals surface area contributed by atoms with Crippen LogP contribution in [0.1, 0.15) is 17.3 Å². The molecule has 1 saturated heterocycles. The SMILES string of the molecule is CNS(=O)(=O)c1ccc(C(=O)N2CCNC[C@@H]2C)cc1.Cl. The van der Waals surface area contributed by atoms with Gasteiger partial charge in [0.1, 0.15) is 0 Å². The van der Waals surface area contributed by atoms with Gasteiger partial charge in [-0.05, 0) is 38.2 Å². The van der Waals surface area contributed by atoms with Gasteiger partial charge in [-0.15, -0.1) is 12.4 Å². The second kappa shape index (κ2) is 7.22. The predicted molar refractivity (Wildman–Crippen MR) is 83.3 cm³/mol. The molecule has 2 N–H and O–H groups in total. The average molecular weight is 334 g/mol. The van der Waals surface area contributed by atoms with Crippen molar-refractivity contribution in [3.05, 3.63) is 29.8 Å². The summed E-state index contributed by atoms with van der Waals surface area (Å²) in [6, 6.07) is 6.15. The van der Waals surface area contributed by atoms with Crippen LogP contribution in [0.2, 0.25) is 0 Å². The number of piperazine rings is 1. The Kier molecular flexibility index (Phi) is 6.15. The van der Waals surface area contributed by atoms with E-state index in [1.165, 1.54) is 19.2 Å². The minimum atomic E-state index is -3.46. The fourth-order valence-electron chi connectivity index (χ4n) is 2.20. The zero-order valence-corrected chi connectivity index (χ0v) is 13.6. The van der Waals surface area contributed by atoms with Crippen LogP contribution < -0.4 is 10.0 Å². The average Bonchev–Trinajstić information content (AvgIpc) is 2.47. The number of hydrogen-bond donors (Lipinski definition) is 2. The molecule has 21 heavy (non-hydrogen) atoms. The monoisotopic (exact) mass is 333 g/mol. The molecule has 0 aromatic heterocycles. The summed E-state index contributed by atoms with van der Waals surface area (Å²) < 4.78 is 25.5. The van der Waals surface area contributed by atoms with Crippen LogP contribution in [-0.4, -0.2) is 51.9 Å². The van der Waals surface area contributed by atoms with Gasteiger partial charge < -0.3 is 10.2 Å². The lowest BCUT2D eigenvalue weighted by Gasteiger charge is -2.34. The lowest BCUT2D eigenvalue weighted by Crippen LogP contribution is -2.52. The third kappa shape index (κ3) is 3.94. The summed E-state index contributed by atoms with van der Waals surface area (Å²) in [5.74, 6) is -0.0626. The molecule has 1 aliphatic heterocycles. The van der Waals surface area contributed by atoms with E-state index in [1.54, 1.807) is 17.0 Å². The summed E-state index contributed by atoms with van der Waals surface area (Å²) in [5.41, 5.74) is 0.508. The van der Waals surface area contributed by atoms with E-state index in [4.69, 9.17) is 0 Å². The molecule has 2 rings (SSSR count). The molecule has 0 saturated carbocycles. The Morgan fingerprint density at radius 2 is 1.95 bits per heavy atom. The summed E-state index contributed by atoms with van der Waals surface area (Å²) in [6.07, 6.45) is 0. The van der Waals surface area contributed by atoms with Crippen LogP contribution in [0.4, 0.5) is 0 Å². The number of rotatable bonds is 3. The molecule has 1 atom stereocenters. The maximum Gasteiger partial charge on any atom is 0.254 e. The third-order valence-electron chi connectivity index (χ3n) is 3.44.